The molecule has 4 nitrogen and oxygen atoms in total. The molecule has 0 saturated heterocycles. The summed E-state index contributed by atoms with van der Waals surface area (Å²) >= 11 is 0. The van der Waals surface area contributed by atoms with Gasteiger partial charge in [0.05, 0.1) is 0 Å². The van der Waals surface area contributed by atoms with Crippen molar-refractivity contribution >= 4 is 5.91 Å². The van der Waals surface area contributed by atoms with Crippen LogP contribution in [0, 0.1) is 17.8 Å². The molecule has 2 aliphatic carbocycles. The van der Waals surface area contributed by atoms with E-state index in [4.69, 9.17) is 0 Å². The lowest BCUT2D eigenvalue weighted by molar-refractivity contribution is -0.131. The van der Waals surface area contributed by atoms with E-state index in [1.54, 1.807) is 0 Å². The monoisotopic (exact) mass is 268 g/mol. The summed E-state index contributed by atoms with van der Waals surface area (Å²) in [7, 11) is 0. The first-order valence-electron chi connectivity index (χ1n) is 7.75. The molecule has 0 aromatic heterocycles. The Kier molecular flexibility index (Phi) is 5.22. The molecule has 0 aromatic rings. The van der Waals surface area contributed by atoms with Crippen LogP contribution in [0.25, 0.3) is 0 Å². The van der Waals surface area contributed by atoms with E-state index in [9.17, 15) is 9.90 Å². The van der Waals surface area contributed by atoms with Crippen molar-refractivity contribution in [3.05, 3.63) is 0 Å². The van der Waals surface area contributed by atoms with Gasteiger partial charge in [-0.05, 0) is 56.4 Å². The van der Waals surface area contributed by atoms with Crippen LogP contribution in [-0.2, 0) is 4.79 Å². The van der Waals surface area contributed by atoms with Crippen LogP contribution in [0.5, 0.6) is 0 Å². The molecule has 2 unspecified atom stereocenters. The quantitative estimate of drug-likeness (QED) is 0.590. The van der Waals surface area contributed by atoms with Crippen molar-refractivity contribution in [1.29, 1.82) is 0 Å². The summed E-state index contributed by atoms with van der Waals surface area (Å²) in [5, 5.41) is 16.5. The van der Waals surface area contributed by atoms with Gasteiger partial charge in [0, 0.05) is 12.6 Å². The molecule has 2 atom stereocenters. The van der Waals surface area contributed by atoms with Gasteiger partial charge in [-0.15, -0.1) is 0 Å². The van der Waals surface area contributed by atoms with E-state index in [-0.39, 0.29) is 11.9 Å². The normalized spacial score (nSPS) is 22.3. The van der Waals surface area contributed by atoms with Gasteiger partial charge in [-0.1, -0.05) is 13.8 Å². The van der Waals surface area contributed by atoms with Gasteiger partial charge < -0.3 is 15.7 Å². The van der Waals surface area contributed by atoms with Crippen molar-refractivity contribution in [2.75, 3.05) is 13.1 Å². The highest BCUT2D eigenvalue weighted by molar-refractivity contribution is 5.81. The Bertz CT molecular complexity index is 299. The van der Waals surface area contributed by atoms with Crippen molar-refractivity contribution in [2.24, 2.45) is 17.8 Å². The smallest absolute Gasteiger partial charge is 0.250 e. The lowest BCUT2D eigenvalue weighted by Gasteiger charge is -2.25. The third-order valence-corrected chi connectivity index (χ3v) is 4.00. The van der Waals surface area contributed by atoms with E-state index < -0.39 is 6.10 Å². The van der Waals surface area contributed by atoms with Crippen LogP contribution in [0.4, 0.5) is 0 Å². The summed E-state index contributed by atoms with van der Waals surface area (Å²) in [5.41, 5.74) is 0. The number of carbonyl (C=O) groups is 1. The molecular formula is C15H28N2O2. The molecule has 4 heteroatoms. The number of carbonyl (C=O) groups excluding carboxylic acids is 1. The molecule has 1 amide bonds. The highest BCUT2D eigenvalue weighted by Gasteiger charge is 2.30. The summed E-state index contributed by atoms with van der Waals surface area (Å²) in [4.78, 5) is 12.0. The highest BCUT2D eigenvalue weighted by atomic mass is 16.3. The molecule has 2 aliphatic rings. The first-order chi connectivity index (χ1) is 9.06. The zero-order valence-electron chi connectivity index (χ0n) is 12.2. The lowest BCUT2D eigenvalue weighted by Crippen LogP contribution is -2.50. The maximum atomic E-state index is 12.0. The van der Waals surface area contributed by atoms with E-state index >= 15 is 0 Å². The molecule has 0 radical (unpaired) electrons. The molecule has 2 fully saturated rings. The summed E-state index contributed by atoms with van der Waals surface area (Å²) < 4.78 is 0. The molecule has 3 N–H and O–H groups in total. The van der Waals surface area contributed by atoms with Crippen molar-refractivity contribution in [3.8, 4) is 0 Å². The second kappa shape index (κ2) is 6.71. The van der Waals surface area contributed by atoms with Crippen LogP contribution in [0.1, 0.15) is 46.0 Å². The van der Waals surface area contributed by atoms with Crippen LogP contribution < -0.4 is 10.6 Å². The van der Waals surface area contributed by atoms with Gasteiger partial charge >= 0.3 is 0 Å². The molecular weight excluding hydrogens is 240 g/mol. The minimum absolute atomic E-state index is 0.111. The van der Waals surface area contributed by atoms with Crippen molar-refractivity contribution in [1.82, 2.24) is 10.6 Å². The molecule has 19 heavy (non-hydrogen) atoms. The molecule has 2 saturated carbocycles. The summed E-state index contributed by atoms with van der Waals surface area (Å²) in [5.74, 6) is 1.68. The zero-order valence-corrected chi connectivity index (χ0v) is 12.2. The number of aliphatic hydroxyl groups excluding tert-OH is 1. The molecule has 2 rings (SSSR count). The topological polar surface area (TPSA) is 61.4 Å². The average molecular weight is 268 g/mol. The van der Waals surface area contributed by atoms with Gasteiger partial charge in [-0.2, -0.15) is 0 Å². The van der Waals surface area contributed by atoms with Crippen LogP contribution in [-0.4, -0.2) is 36.2 Å². The number of hydrogen-bond donors (Lipinski definition) is 3. The number of amides is 1. The van der Waals surface area contributed by atoms with Crippen LogP contribution >= 0.6 is 0 Å². The first kappa shape index (κ1) is 14.8. The molecule has 0 bridgehead atoms. The number of hydrogen-bond acceptors (Lipinski definition) is 3. The Morgan fingerprint density at radius 3 is 2.26 bits per heavy atom. The fourth-order valence-corrected chi connectivity index (χ4v) is 2.33. The van der Waals surface area contributed by atoms with Gasteiger partial charge in [0.1, 0.15) is 6.10 Å². The number of nitrogens with one attached hydrogen (secondary N) is 2. The Morgan fingerprint density at radius 1 is 1.16 bits per heavy atom. The fourth-order valence-electron chi connectivity index (χ4n) is 2.33. The standard InChI is InChI=1S/C15H28N2O2/c1-10(2)7-13(16-8-11-3-4-11)14(18)15(19)17-9-12-5-6-12/h10-14,16,18H,3-9H2,1-2H3,(H,17,19). The van der Waals surface area contributed by atoms with Crippen molar-refractivity contribution in [3.63, 3.8) is 0 Å². The average Bonchev–Trinajstić information content (AvgIpc) is 3.24. The predicted molar refractivity (Wildman–Crippen MR) is 75.7 cm³/mol. The highest BCUT2D eigenvalue weighted by Crippen LogP contribution is 2.28. The number of rotatable bonds is 9. The van der Waals surface area contributed by atoms with E-state index in [2.05, 4.69) is 24.5 Å². The largest absolute Gasteiger partial charge is 0.382 e. The molecule has 0 aliphatic heterocycles. The van der Waals surface area contributed by atoms with Gasteiger partial charge in [-0.3, -0.25) is 4.79 Å². The Balaban J connectivity index is 1.76. The van der Waals surface area contributed by atoms with Crippen molar-refractivity contribution in [2.45, 2.75) is 58.1 Å². The van der Waals surface area contributed by atoms with Gasteiger partial charge in [0.25, 0.3) is 0 Å². The van der Waals surface area contributed by atoms with Crippen LogP contribution in [0.15, 0.2) is 0 Å². The van der Waals surface area contributed by atoms with Gasteiger partial charge in [0.15, 0.2) is 0 Å². The lowest BCUT2D eigenvalue weighted by atomic mass is 9.98. The first-order valence-corrected chi connectivity index (χ1v) is 7.75. The van der Waals surface area contributed by atoms with E-state index in [1.807, 2.05) is 0 Å². The Hall–Kier alpha value is -0.610. The Morgan fingerprint density at radius 2 is 1.74 bits per heavy atom. The second-order valence-corrected chi connectivity index (χ2v) is 6.72. The van der Waals surface area contributed by atoms with E-state index in [1.165, 1.54) is 25.7 Å². The van der Waals surface area contributed by atoms with Gasteiger partial charge in [-0.25, -0.2) is 0 Å². The third-order valence-electron chi connectivity index (χ3n) is 4.00. The van der Waals surface area contributed by atoms with Crippen molar-refractivity contribution < 1.29 is 9.90 Å². The molecule has 0 aromatic carbocycles. The summed E-state index contributed by atoms with van der Waals surface area (Å²) in [6.45, 7) is 5.92. The van der Waals surface area contributed by atoms with Gasteiger partial charge in [0.2, 0.25) is 5.91 Å². The minimum Gasteiger partial charge on any atom is -0.382 e. The Labute approximate surface area is 116 Å². The molecule has 0 heterocycles. The molecule has 0 spiro atoms. The number of aliphatic hydroxyl groups is 1. The van der Waals surface area contributed by atoms with Crippen LogP contribution in [0.3, 0.4) is 0 Å². The minimum atomic E-state index is -0.917. The maximum Gasteiger partial charge on any atom is 0.250 e. The summed E-state index contributed by atoms with van der Waals surface area (Å²) in [6, 6.07) is -0.111. The van der Waals surface area contributed by atoms with Crippen LogP contribution in [0.2, 0.25) is 0 Å². The third kappa shape index (κ3) is 5.49. The van der Waals surface area contributed by atoms with E-state index in [0.29, 0.717) is 11.8 Å². The zero-order chi connectivity index (χ0) is 13.8. The SMILES string of the molecule is CC(C)CC(NCC1CC1)C(O)C(=O)NCC1CC1. The second-order valence-electron chi connectivity index (χ2n) is 6.72. The maximum absolute atomic E-state index is 12.0. The predicted octanol–water partition coefficient (Wildman–Crippen LogP) is 1.29. The fraction of sp³-hybridized carbons (Fsp3) is 0.933. The summed E-state index contributed by atoms with van der Waals surface area (Å²) in [6.07, 6.45) is 4.92. The van der Waals surface area contributed by atoms with E-state index in [0.717, 1.165) is 25.4 Å². The molecule has 110 valence electrons.